The summed E-state index contributed by atoms with van der Waals surface area (Å²) in [5, 5.41) is 3.39. The lowest BCUT2D eigenvalue weighted by Crippen LogP contribution is -2.18. The summed E-state index contributed by atoms with van der Waals surface area (Å²) in [6, 6.07) is 12.5. The summed E-state index contributed by atoms with van der Waals surface area (Å²) < 4.78 is 1.14. The van der Waals surface area contributed by atoms with Gasteiger partial charge >= 0.3 is 0 Å². The maximum Gasteiger partial charge on any atom is 0.128 e. The van der Waals surface area contributed by atoms with E-state index < -0.39 is 0 Å². The van der Waals surface area contributed by atoms with Gasteiger partial charge in [0.25, 0.3) is 0 Å². The molecule has 112 valence electrons. The average Bonchev–Trinajstić information content (AvgIpc) is 2.50. The second-order valence-electron chi connectivity index (χ2n) is 5.15. The maximum absolute atomic E-state index is 4.55. The first kappa shape index (κ1) is 16.0. The molecule has 0 aliphatic heterocycles. The van der Waals surface area contributed by atoms with Crippen molar-refractivity contribution in [1.82, 2.24) is 10.3 Å². The van der Waals surface area contributed by atoms with Crippen LogP contribution in [-0.2, 0) is 13.1 Å². The number of nitrogens with one attached hydrogen (secondary N) is 1. The molecule has 0 bridgehead atoms. The van der Waals surface area contributed by atoms with E-state index >= 15 is 0 Å². The van der Waals surface area contributed by atoms with Crippen molar-refractivity contribution >= 4 is 21.7 Å². The molecule has 1 heterocycles. The van der Waals surface area contributed by atoms with Crippen LogP contribution in [0.1, 0.15) is 24.5 Å². The summed E-state index contributed by atoms with van der Waals surface area (Å²) in [5.41, 5.74) is 2.48. The van der Waals surface area contributed by atoms with Gasteiger partial charge in [-0.1, -0.05) is 47.1 Å². The molecule has 2 aromatic rings. The molecule has 0 spiro atoms. The molecule has 0 atom stereocenters. The van der Waals surface area contributed by atoms with E-state index in [1.807, 2.05) is 12.3 Å². The Morgan fingerprint density at radius 2 is 2.00 bits per heavy atom. The van der Waals surface area contributed by atoms with E-state index in [-0.39, 0.29) is 0 Å². The molecule has 1 aromatic carbocycles. The molecule has 0 unspecified atom stereocenters. The lowest BCUT2D eigenvalue weighted by atomic mass is 10.2. The molecule has 21 heavy (non-hydrogen) atoms. The van der Waals surface area contributed by atoms with Crippen molar-refractivity contribution in [1.29, 1.82) is 0 Å². The van der Waals surface area contributed by atoms with Crippen molar-refractivity contribution in [3.8, 4) is 0 Å². The Morgan fingerprint density at radius 3 is 2.67 bits per heavy atom. The smallest absolute Gasteiger partial charge is 0.128 e. The first-order valence-corrected chi connectivity index (χ1v) is 8.10. The van der Waals surface area contributed by atoms with Crippen LogP contribution in [0.5, 0.6) is 0 Å². The molecule has 0 saturated carbocycles. The van der Waals surface area contributed by atoms with Crippen LogP contribution in [0.4, 0.5) is 5.82 Å². The number of hydrogen-bond donors (Lipinski definition) is 1. The van der Waals surface area contributed by atoms with E-state index in [0.717, 1.165) is 36.3 Å². The Kier molecular flexibility index (Phi) is 6.21. The van der Waals surface area contributed by atoms with Crippen LogP contribution in [0.3, 0.4) is 0 Å². The van der Waals surface area contributed by atoms with Gasteiger partial charge in [0, 0.05) is 30.8 Å². The minimum atomic E-state index is 0.835. The number of rotatable bonds is 7. The Hall–Kier alpha value is -1.39. The van der Waals surface area contributed by atoms with Crippen molar-refractivity contribution in [2.45, 2.75) is 26.4 Å². The summed E-state index contributed by atoms with van der Waals surface area (Å²) in [6.07, 6.45) is 3.11. The van der Waals surface area contributed by atoms with Gasteiger partial charge in [0.15, 0.2) is 0 Å². The Morgan fingerprint density at radius 1 is 1.19 bits per heavy atom. The van der Waals surface area contributed by atoms with Crippen molar-refractivity contribution in [3.63, 3.8) is 0 Å². The number of aromatic nitrogens is 1. The fourth-order valence-corrected chi connectivity index (χ4v) is 2.53. The highest BCUT2D eigenvalue weighted by atomic mass is 79.9. The van der Waals surface area contributed by atoms with Crippen molar-refractivity contribution < 1.29 is 0 Å². The van der Waals surface area contributed by atoms with Crippen LogP contribution >= 0.6 is 15.9 Å². The maximum atomic E-state index is 4.55. The molecule has 4 heteroatoms. The predicted molar refractivity (Wildman–Crippen MR) is 92.5 cm³/mol. The summed E-state index contributed by atoms with van der Waals surface area (Å²) in [5.74, 6) is 0.991. The summed E-state index contributed by atoms with van der Waals surface area (Å²) in [4.78, 5) is 6.71. The van der Waals surface area contributed by atoms with Gasteiger partial charge in [0.1, 0.15) is 5.82 Å². The molecule has 0 aliphatic carbocycles. The van der Waals surface area contributed by atoms with Gasteiger partial charge in [-0.05, 0) is 36.2 Å². The monoisotopic (exact) mass is 347 g/mol. The molecule has 1 N–H and O–H groups in total. The van der Waals surface area contributed by atoms with E-state index in [1.54, 1.807) is 0 Å². The quantitative estimate of drug-likeness (QED) is 0.767. The SMILES string of the molecule is CCCNCc1ccc(N(C)Cc2ccccc2Br)nc1. The highest BCUT2D eigenvalue weighted by Crippen LogP contribution is 2.19. The van der Waals surface area contributed by atoms with Crippen LogP contribution in [0.2, 0.25) is 0 Å². The van der Waals surface area contributed by atoms with Crippen molar-refractivity contribution in [2.75, 3.05) is 18.5 Å². The second-order valence-corrected chi connectivity index (χ2v) is 6.00. The highest BCUT2D eigenvalue weighted by molar-refractivity contribution is 9.10. The zero-order valence-corrected chi connectivity index (χ0v) is 14.2. The van der Waals surface area contributed by atoms with E-state index in [0.29, 0.717) is 0 Å². The largest absolute Gasteiger partial charge is 0.355 e. The molecular weight excluding hydrogens is 326 g/mol. The number of pyridine rings is 1. The minimum Gasteiger partial charge on any atom is -0.355 e. The molecule has 0 aliphatic rings. The molecule has 0 radical (unpaired) electrons. The average molecular weight is 348 g/mol. The number of hydrogen-bond acceptors (Lipinski definition) is 3. The summed E-state index contributed by atoms with van der Waals surface area (Å²) in [6.45, 7) is 4.94. The van der Waals surface area contributed by atoms with Gasteiger partial charge in [0.2, 0.25) is 0 Å². The molecule has 0 saturated heterocycles. The molecule has 2 rings (SSSR count). The lowest BCUT2D eigenvalue weighted by molar-refractivity contribution is 0.673. The van der Waals surface area contributed by atoms with Crippen LogP contribution in [0.15, 0.2) is 47.1 Å². The van der Waals surface area contributed by atoms with Gasteiger partial charge in [0.05, 0.1) is 0 Å². The summed E-state index contributed by atoms with van der Waals surface area (Å²) >= 11 is 3.59. The van der Waals surface area contributed by atoms with Crippen molar-refractivity contribution in [2.24, 2.45) is 0 Å². The summed E-state index contributed by atoms with van der Waals surface area (Å²) in [7, 11) is 2.07. The van der Waals surface area contributed by atoms with Gasteiger partial charge < -0.3 is 10.2 Å². The van der Waals surface area contributed by atoms with Gasteiger partial charge in [-0.2, -0.15) is 0 Å². The third-order valence-corrected chi connectivity index (χ3v) is 4.10. The topological polar surface area (TPSA) is 28.2 Å². The number of nitrogens with zero attached hydrogens (tertiary/aromatic N) is 2. The number of benzene rings is 1. The molecular formula is C17H22BrN3. The molecule has 1 aromatic heterocycles. The third-order valence-electron chi connectivity index (χ3n) is 3.32. The van der Waals surface area contributed by atoms with Gasteiger partial charge in [-0.15, -0.1) is 0 Å². The number of anilines is 1. The predicted octanol–water partition coefficient (Wildman–Crippen LogP) is 3.98. The standard InChI is InChI=1S/C17H22BrN3/c1-3-10-19-11-14-8-9-17(20-12-14)21(2)13-15-6-4-5-7-16(15)18/h4-9,12,19H,3,10-11,13H2,1-2H3. The first-order valence-electron chi connectivity index (χ1n) is 7.31. The van der Waals surface area contributed by atoms with Crippen LogP contribution in [0.25, 0.3) is 0 Å². The Bertz CT molecular complexity index is 554. The van der Waals surface area contributed by atoms with E-state index in [4.69, 9.17) is 0 Å². The van der Waals surface area contributed by atoms with Crippen molar-refractivity contribution in [3.05, 3.63) is 58.2 Å². The van der Waals surface area contributed by atoms with Crippen LogP contribution < -0.4 is 10.2 Å². The zero-order chi connectivity index (χ0) is 15.1. The minimum absolute atomic E-state index is 0.835. The molecule has 0 amide bonds. The first-order chi connectivity index (χ1) is 10.2. The third kappa shape index (κ3) is 4.83. The fourth-order valence-electron chi connectivity index (χ4n) is 2.12. The lowest BCUT2D eigenvalue weighted by Gasteiger charge is -2.19. The molecule has 0 fully saturated rings. The second kappa shape index (κ2) is 8.15. The van der Waals surface area contributed by atoms with Crippen LogP contribution in [0, 0.1) is 0 Å². The van der Waals surface area contributed by atoms with E-state index in [2.05, 4.69) is 75.4 Å². The van der Waals surface area contributed by atoms with Gasteiger partial charge in [-0.25, -0.2) is 4.98 Å². The zero-order valence-electron chi connectivity index (χ0n) is 12.6. The fraction of sp³-hybridized carbons (Fsp3) is 0.353. The molecule has 3 nitrogen and oxygen atoms in total. The van der Waals surface area contributed by atoms with Crippen LogP contribution in [-0.4, -0.2) is 18.6 Å². The van der Waals surface area contributed by atoms with Gasteiger partial charge in [-0.3, -0.25) is 0 Å². The van der Waals surface area contributed by atoms with E-state index in [1.165, 1.54) is 11.1 Å². The van der Waals surface area contributed by atoms with E-state index in [9.17, 15) is 0 Å². The Labute approximate surface area is 135 Å². The number of halogens is 1. The highest BCUT2D eigenvalue weighted by Gasteiger charge is 2.06. The normalized spacial score (nSPS) is 10.6. The Balaban J connectivity index is 1.96.